The minimum Gasteiger partial charge on any atom is -0.480 e. The maximum atomic E-state index is 10.4. The second-order valence-corrected chi connectivity index (χ2v) is 3.47. The second-order valence-electron chi connectivity index (χ2n) is 3.47. The number of nitrogens with zero attached hydrogens (tertiary/aromatic N) is 1. The van der Waals surface area contributed by atoms with Crippen molar-refractivity contribution in [2.24, 2.45) is 0 Å². The van der Waals surface area contributed by atoms with Crippen molar-refractivity contribution < 1.29 is 9.90 Å². The van der Waals surface area contributed by atoms with E-state index in [1.807, 2.05) is 24.3 Å². The first-order chi connectivity index (χ1) is 7.67. The van der Waals surface area contributed by atoms with Gasteiger partial charge in [0.25, 0.3) is 0 Å². The van der Waals surface area contributed by atoms with Gasteiger partial charge >= 0.3 is 5.97 Å². The minimum atomic E-state index is -0.854. The van der Waals surface area contributed by atoms with Gasteiger partial charge in [-0.2, -0.15) is 0 Å². The monoisotopic (exact) mass is 222 g/mol. The van der Waals surface area contributed by atoms with E-state index in [0.29, 0.717) is 0 Å². The molecule has 0 aromatic heterocycles. The zero-order valence-corrected chi connectivity index (χ0v) is 9.73. The van der Waals surface area contributed by atoms with Gasteiger partial charge in [0.1, 0.15) is 6.54 Å². The molecule has 88 valence electrons. The van der Waals surface area contributed by atoms with Gasteiger partial charge in [-0.1, -0.05) is 0 Å². The van der Waals surface area contributed by atoms with Crippen molar-refractivity contribution in [2.75, 3.05) is 29.9 Å². The van der Waals surface area contributed by atoms with E-state index in [9.17, 15) is 4.79 Å². The normalized spacial score (nSPS) is 9.88. The summed E-state index contributed by atoms with van der Waals surface area (Å²) in [6.45, 7) is 6.11. The van der Waals surface area contributed by atoms with Crippen LogP contribution in [0.1, 0.15) is 13.8 Å². The number of benzene rings is 1. The molecule has 0 amide bonds. The van der Waals surface area contributed by atoms with Crippen LogP contribution in [-0.4, -0.2) is 30.7 Å². The van der Waals surface area contributed by atoms with Crippen LogP contribution < -0.4 is 10.2 Å². The molecule has 0 radical (unpaired) electrons. The molecule has 4 heteroatoms. The van der Waals surface area contributed by atoms with Crippen LogP contribution in [0.5, 0.6) is 0 Å². The average Bonchev–Trinajstić information content (AvgIpc) is 2.29. The van der Waals surface area contributed by atoms with E-state index in [0.717, 1.165) is 24.5 Å². The first kappa shape index (κ1) is 12.4. The zero-order chi connectivity index (χ0) is 12.0. The van der Waals surface area contributed by atoms with Gasteiger partial charge in [0.05, 0.1) is 0 Å². The largest absolute Gasteiger partial charge is 0.480 e. The van der Waals surface area contributed by atoms with Crippen molar-refractivity contribution in [2.45, 2.75) is 13.8 Å². The first-order valence-electron chi connectivity index (χ1n) is 5.48. The molecule has 0 fully saturated rings. The van der Waals surface area contributed by atoms with Crippen LogP contribution >= 0.6 is 0 Å². The molecule has 0 bridgehead atoms. The molecule has 0 atom stereocenters. The predicted octanol–water partition coefficient (Wildman–Crippen LogP) is 2.03. The van der Waals surface area contributed by atoms with Gasteiger partial charge in [0, 0.05) is 24.5 Å². The fraction of sp³-hybridized carbons (Fsp3) is 0.417. The molecule has 0 saturated carbocycles. The van der Waals surface area contributed by atoms with E-state index in [1.54, 1.807) is 0 Å². The standard InChI is InChI=1S/C12H18N2O2/c1-3-14(4-2)11-7-5-10(6-8-11)13-9-12(15)16/h5-8,13H,3-4,9H2,1-2H3,(H,15,16). The molecule has 1 rings (SSSR count). The predicted molar refractivity (Wildman–Crippen MR) is 66.1 cm³/mol. The van der Waals surface area contributed by atoms with Gasteiger partial charge in [-0.15, -0.1) is 0 Å². The molecule has 0 aliphatic rings. The molecule has 0 spiro atoms. The van der Waals surface area contributed by atoms with Crippen LogP contribution in [0.4, 0.5) is 11.4 Å². The smallest absolute Gasteiger partial charge is 0.322 e. The lowest BCUT2D eigenvalue weighted by Crippen LogP contribution is -2.21. The maximum absolute atomic E-state index is 10.4. The molecule has 1 aromatic rings. The van der Waals surface area contributed by atoms with Crippen LogP contribution in [0.15, 0.2) is 24.3 Å². The minimum absolute atomic E-state index is 0.0510. The summed E-state index contributed by atoms with van der Waals surface area (Å²) in [7, 11) is 0. The Labute approximate surface area is 95.9 Å². The quantitative estimate of drug-likeness (QED) is 0.773. The van der Waals surface area contributed by atoms with Crippen molar-refractivity contribution in [1.82, 2.24) is 0 Å². The van der Waals surface area contributed by atoms with Gasteiger partial charge in [-0.25, -0.2) is 0 Å². The molecule has 4 nitrogen and oxygen atoms in total. The summed E-state index contributed by atoms with van der Waals surface area (Å²) in [6, 6.07) is 7.79. The summed E-state index contributed by atoms with van der Waals surface area (Å²) < 4.78 is 0. The van der Waals surface area contributed by atoms with Crippen molar-refractivity contribution in [3.8, 4) is 0 Å². The summed E-state index contributed by atoms with van der Waals surface area (Å²) in [5.74, 6) is -0.854. The summed E-state index contributed by atoms with van der Waals surface area (Å²) in [5.41, 5.74) is 1.99. The third-order valence-corrected chi connectivity index (χ3v) is 2.44. The molecule has 16 heavy (non-hydrogen) atoms. The fourth-order valence-corrected chi connectivity index (χ4v) is 1.56. The summed E-state index contributed by atoms with van der Waals surface area (Å²) >= 11 is 0. The number of hydrogen-bond acceptors (Lipinski definition) is 3. The Hall–Kier alpha value is -1.71. The van der Waals surface area contributed by atoms with Crippen LogP contribution in [-0.2, 0) is 4.79 Å². The average molecular weight is 222 g/mol. The number of rotatable bonds is 6. The molecule has 0 unspecified atom stereocenters. The lowest BCUT2D eigenvalue weighted by Gasteiger charge is -2.21. The Balaban J connectivity index is 2.63. The molecule has 0 saturated heterocycles. The summed E-state index contributed by atoms with van der Waals surface area (Å²) in [4.78, 5) is 12.6. The molecular formula is C12H18N2O2. The van der Waals surface area contributed by atoms with Crippen molar-refractivity contribution in [3.05, 3.63) is 24.3 Å². The second kappa shape index (κ2) is 6.00. The Kier molecular flexibility index (Phi) is 4.64. The number of anilines is 2. The molecule has 0 aliphatic heterocycles. The van der Waals surface area contributed by atoms with E-state index >= 15 is 0 Å². The summed E-state index contributed by atoms with van der Waals surface area (Å²) in [5, 5.41) is 11.4. The maximum Gasteiger partial charge on any atom is 0.322 e. The van der Waals surface area contributed by atoms with E-state index in [4.69, 9.17) is 5.11 Å². The topological polar surface area (TPSA) is 52.6 Å². The number of aliphatic carboxylic acids is 1. The van der Waals surface area contributed by atoms with Crippen molar-refractivity contribution >= 4 is 17.3 Å². The molecular weight excluding hydrogens is 204 g/mol. The van der Waals surface area contributed by atoms with Crippen LogP contribution in [0.2, 0.25) is 0 Å². The lowest BCUT2D eigenvalue weighted by atomic mass is 10.2. The molecule has 0 heterocycles. The zero-order valence-electron chi connectivity index (χ0n) is 9.73. The van der Waals surface area contributed by atoms with Gasteiger partial charge in [-0.3, -0.25) is 4.79 Å². The number of carbonyl (C=O) groups is 1. The van der Waals surface area contributed by atoms with Crippen LogP contribution in [0.3, 0.4) is 0 Å². The fourth-order valence-electron chi connectivity index (χ4n) is 1.56. The van der Waals surface area contributed by atoms with E-state index < -0.39 is 5.97 Å². The Bertz CT molecular complexity index is 331. The van der Waals surface area contributed by atoms with E-state index in [1.165, 1.54) is 0 Å². The number of carboxylic acid groups (broad SMARTS) is 1. The summed E-state index contributed by atoms with van der Waals surface area (Å²) in [6.07, 6.45) is 0. The highest BCUT2D eigenvalue weighted by atomic mass is 16.4. The molecule has 1 aromatic carbocycles. The number of carboxylic acids is 1. The molecule has 2 N–H and O–H groups in total. The third-order valence-electron chi connectivity index (χ3n) is 2.44. The van der Waals surface area contributed by atoms with Gasteiger partial charge in [-0.05, 0) is 38.1 Å². The highest BCUT2D eigenvalue weighted by molar-refractivity contribution is 5.73. The first-order valence-corrected chi connectivity index (χ1v) is 5.48. The number of nitrogens with one attached hydrogen (secondary N) is 1. The lowest BCUT2D eigenvalue weighted by molar-refractivity contribution is -0.134. The van der Waals surface area contributed by atoms with E-state index in [2.05, 4.69) is 24.1 Å². The van der Waals surface area contributed by atoms with Gasteiger partial charge < -0.3 is 15.3 Å². The molecule has 0 aliphatic carbocycles. The highest BCUT2D eigenvalue weighted by Crippen LogP contribution is 2.17. The number of hydrogen-bond donors (Lipinski definition) is 2. The van der Waals surface area contributed by atoms with Crippen LogP contribution in [0, 0.1) is 0 Å². The SMILES string of the molecule is CCN(CC)c1ccc(NCC(=O)O)cc1. The van der Waals surface area contributed by atoms with E-state index in [-0.39, 0.29) is 6.54 Å². The van der Waals surface area contributed by atoms with Gasteiger partial charge in [0.15, 0.2) is 0 Å². The van der Waals surface area contributed by atoms with Gasteiger partial charge in [0.2, 0.25) is 0 Å². The Morgan fingerprint density at radius 3 is 2.25 bits per heavy atom. The highest BCUT2D eigenvalue weighted by Gasteiger charge is 2.01. The Morgan fingerprint density at radius 2 is 1.81 bits per heavy atom. The third kappa shape index (κ3) is 3.46. The van der Waals surface area contributed by atoms with Crippen molar-refractivity contribution in [1.29, 1.82) is 0 Å². The Morgan fingerprint density at radius 1 is 1.25 bits per heavy atom. The van der Waals surface area contributed by atoms with Crippen LogP contribution in [0.25, 0.3) is 0 Å². The van der Waals surface area contributed by atoms with Crippen molar-refractivity contribution in [3.63, 3.8) is 0 Å².